The van der Waals surface area contributed by atoms with Gasteiger partial charge in [0.25, 0.3) is 0 Å². The smallest absolute Gasteiger partial charge is 0.180 e. The number of rotatable bonds is 2. The Morgan fingerprint density at radius 1 is 1.11 bits per heavy atom. The van der Waals surface area contributed by atoms with E-state index in [1.54, 1.807) is 19.2 Å². The molecule has 0 aliphatic rings. The Hall–Kier alpha value is -2.50. The van der Waals surface area contributed by atoms with Gasteiger partial charge in [-0.3, -0.25) is 0 Å². The van der Waals surface area contributed by atoms with Crippen molar-refractivity contribution in [2.24, 2.45) is 0 Å². The molecule has 0 aliphatic carbocycles. The Labute approximate surface area is 107 Å². The number of benzene rings is 1. The number of nitrogens with one attached hydrogen (secondary N) is 2. The average molecular weight is 260 g/mol. The van der Waals surface area contributed by atoms with Gasteiger partial charge >= 0.3 is 0 Å². The topological polar surface area (TPSA) is 53.6 Å². The minimum atomic E-state index is -0.533. The second-order valence-corrected chi connectivity index (χ2v) is 4.03. The molecule has 6 heteroatoms. The Kier molecular flexibility index (Phi) is 2.63. The quantitative estimate of drug-likeness (QED) is 0.744. The van der Waals surface area contributed by atoms with Crippen molar-refractivity contribution in [1.82, 2.24) is 15.0 Å². The number of halogens is 2. The van der Waals surface area contributed by atoms with E-state index in [-0.39, 0.29) is 11.4 Å². The number of hydrogen-bond donors (Lipinski definition) is 2. The maximum atomic E-state index is 13.7. The van der Waals surface area contributed by atoms with Crippen molar-refractivity contribution in [2.75, 3.05) is 12.4 Å². The highest BCUT2D eigenvalue weighted by Gasteiger charge is 2.12. The van der Waals surface area contributed by atoms with Crippen molar-refractivity contribution in [3.05, 3.63) is 42.0 Å². The summed E-state index contributed by atoms with van der Waals surface area (Å²) in [6, 6.07) is 6.79. The molecule has 0 saturated carbocycles. The van der Waals surface area contributed by atoms with Crippen LogP contribution in [0, 0.1) is 11.6 Å². The first-order chi connectivity index (χ1) is 9.17. The third kappa shape index (κ3) is 2.01. The van der Waals surface area contributed by atoms with Gasteiger partial charge in [0.05, 0.1) is 11.1 Å². The number of imidazole rings is 1. The normalized spacial score (nSPS) is 10.9. The first kappa shape index (κ1) is 11.6. The zero-order valence-electron chi connectivity index (χ0n) is 10.0. The van der Waals surface area contributed by atoms with Crippen LogP contribution in [-0.2, 0) is 0 Å². The summed E-state index contributed by atoms with van der Waals surface area (Å²) in [5.74, 6) is -0.131. The molecule has 0 amide bonds. The number of anilines is 1. The van der Waals surface area contributed by atoms with Gasteiger partial charge in [-0.15, -0.1) is 0 Å². The van der Waals surface area contributed by atoms with E-state index in [0.29, 0.717) is 17.0 Å². The van der Waals surface area contributed by atoms with Crippen molar-refractivity contribution in [3.63, 3.8) is 0 Å². The Morgan fingerprint density at radius 2 is 1.95 bits per heavy atom. The lowest BCUT2D eigenvalue weighted by Crippen LogP contribution is -1.91. The summed E-state index contributed by atoms with van der Waals surface area (Å²) in [4.78, 5) is 11.3. The van der Waals surface area contributed by atoms with E-state index in [4.69, 9.17) is 0 Å². The van der Waals surface area contributed by atoms with Crippen LogP contribution in [0.5, 0.6) is 0 Å². The second kappa shape index (κ2) is 4.31. The molecule has 2 heterocycles. The van der Waals surface area contributed by atoms with Gasteiger partial charge in [-0.05, 0) is 30.3 Å². The van der Waals surface area contributed by atoms with Gasteiger partial charge in [0.15, 0.2) is 5.65 Å². The van der Waals surface area contributed by atoms with E-state index in [2.05, 4.69) is 20.3 Å². The van der Waals surface area contributed by atoms with E-state index in [0.717, 1.165) is 18.2 Å². The molecule has 0 unspecified atom stereocenters. The van der Waals surface area contributed by atoms with Crippen LogP contribution in [0.25, 0.3) is 22.6 Å². The molecule has 0 atom stereocenters. The lowest BCUT2D eigenvalue weighted by Gasteiger charge is -1.98. The van der Waals surface area contributed by atoms with Crippen molar-refractivity contribution < 1.29 is 8.78 Å². The van der Waals surface area contributed by atoms with Gasteiger partial charge in [0, 0.05) is 7.05 Å². The molecule has 0 fully saturated rings. The van der Waals surface area contributed by atoms with Gasteiger partial charge in [-0.2, -0.15) is 0 Å². The summed E-state index contributed by atoms with van der Waals surface area (Å²) in [5.41, 5.74) is 1.20. The second-order valence-electron chi connectivity index (χ2n) is 4.03. The summed E-state index contributed by atoms with van der Waals surface area (Å²) in [7, 11) is 1.74. The van der Waals surface area contributed by atoms with E-state index in [9.17, 15) is 8.78 Å². The van der Waals surface area contributed by atoms with Crippen LogP contribution in [0.2, 0.25) is 0 Å². The Balaban J connectivity index is 2.17. The first-order valence-electron chi connectivity index (χ1n) is 5.67. The van der Waals surface area contributed by atoms with Crippen LogP contribution in [0.15, 0.2) is 30.3 Å². The van der Waals surface area contributed by atoms with Gasteiger partial charge in [0.2, 0.25) is 0 Å². The van der Waals surface area contributed by atoms with Gasteiger partial charge < -0.3 is 10.3 Å². The molecule has 2 aromatic heterocycles. The summed E-state index contributed by atoms with van der Waals surface area (Å²) in [6.07, 6.45) is 0. The monoisotopic (exact) mass is 260 g/mol. The number of nitrogens with zero attached hydrogens (tertiary/aromatic N) is 2. The van der Waals surface area contributed by atoms with Crippen LogP contribution in [-0.4, -0.2) is 22.0 Å². The molecular formula is C13H10F2N4. The average Bonchev–Trinajstić information content (AvgIpc) is 2.83. The highest BCUT2D eigenvalue weighted by atomic mass is 19.1. The molecule has 0 saturated heterocycles. The Bertz CT molecular complexity index is 751. The molecular weight excluding hydrogens is 250 g/mol. The molecule has 96 valence electrons. The maximum absolute atomic E-state index is 13.7. The lowest BCUT2D eigenvalue weighted by molar-refractivity contribution is 0.602. The highest BCUT2D eigenvalue weighted by molar-refractivity contribution is 5.77. The molecule has 4 nitrogen and oxygen atoms in total. The molecule has 19 heavy (non-hydrogen) atoms. The van der Waals surface area contributed by atoms with Crippen LogP contribution in [0.4, 0.5) is 14.6 Å². The molecule has 0 spiro atoms. The summed E-state index contributed by atoms with van der Waals surface area (Å²) >= 11 is 0. The number of aromatic amines is 1. The summed E-state index contributed by atoms with van der Waals surface area (Å²) in [6.45, 7) is 0. The lowest BCUT2D eigenvalue weighted by atomic mass is 10.2. The fourth-order valence-electron chi connectivity index (χ4n) is 1.84. The van der Waals surface area contributed by atoms with Crippen LogP contribution >= 0.6 is 0 Å². The van der Waals surface area contributed by atoms with Crippen molar-refractivity contribution in [2.45, 2.75) is 0 Å². The third-order valence-corrected chi connectivity index (χ3v) is 2.79. The zero-order chi connectivity index (χ0) is 13.4. The standard InChI is InChI=1S/C13H10F2N4/c1-16-11-5-4-10-13(18-11)19-12(17-10)8-6-7(14)2-3-9(8)15/h2-6H,1H3,(H2,16,17,18,19). The van der Waals surface area contributed by atoms with Crippen molar-refractivity contribution in [1.29, 1.82) is 0 Å². The number of aromatic nitrogens is 3. The van der Waals surface area contributed by atoms with E-state index in [1.165, 1.54) is 0 Å². The number of pyridine rings is 1. The molecule has 2 N–H and O–H groups in total. The molecule has 1 aromatic carbocycles. The van der Waals surface area contributed by atoms with E-state index in [1.807, 2.05) is 0 Å². The molecule has 0 radical (unpaired) electrons. The number of hydrogen-bond acceptors (Lipinski definition) is 3. The summed E-state index contributed by atoms with van der Waals surface area (Å²) < 4.78 is 26.8. The minimum Gasteiger partial charge on any atom is -0.373 e. The van der Waals surface area contributed by atoms with Gasteiger partial charge in [-0.1, -0.05) is 0 Å². The van der Waals surface area contributed by atoms with Crippen molar-refractivity contribution >= 4 is 17.0 Å². The minimum absolute atomic E-state index is 0.0870. The van der Waals surface area contributed by atoms with Crippen LogP contribution in [0.1, 0.15) is 0 Å². The Morgan fingerprint density at radius 3 is 2.74 bits per heavy atom. The maximum Gasteiger partial charge on any atom is 0.180 e. The predicted molar refractivity (Wildman–Crippen MR) is 68.8 cm³/mol. The van der Waals surface area contributed by atoms with Gasteiger partial charge in [0.1, 0.15) is 23.3 Å². The number of H-pyrrole nitrogens is 1. The fourth-order valence-corrected chi connectivity index (χ4v) is 1.84. The predicted octanol–water partition coefficient (Wildman–Crippen LogP) is 2.94. The zero-order valence-corrected chi connectivity index (χ0v) is 10.0. The fraction of sp³-hybridized carbons (Fsp3) is 0.0769. The highest BCUT2D eigenvalue weighted by Crippen LogP contribution is 2.23. The van der Waals surface area contributed by atoms with Gasteiger partial charge in [-0.25, -0.2) is 18.7 Å². The van der Waals surface area contributed by atoms with E-state index < -0.39 is 11.6 Å². The molecule has 3 rings (SSSR count). The van der Waals surface area contributed by atoms with Crippen molar-refractivity contribution in [3.8, 4) is 11.4 Å². The summed E-state index contributed by atoms with van der Waals surface area (Å²) in [5, 5.41) is 2.89. The first-order valence-corrected chi connectivity index (χ1v) is 5.67. The number of fused-ring (bicyclic) bond motifs is 1. The third-order valence-electron chi connectivity index (χ3n) is 2.79. The SMILES string of the molecule is CNc1ccc2[nH]c(-c3cc(F)ccc3F)nc2n1. The molecule has 0 aliphatic heterocycles. The van der Waals surface area contributed by atoms with Crippen LogP contribution in [0.3, 0.4) is 0 Å². The van der Waals surface area contributed by atoms with Crippen LogP contribution < -0.4 is 5.32 Å². The molecule has 3 aromatic rings. The molecule has 0 bridgehead atoms. The van der Waals surface area contributed by atoms with E-state index >= 15 is 0 Å². The largest absolute Gasteiger partial charge is 0.373 e.